The Morgan fingerprint density at radius 3 is 2.61 bits per heavy atom. The van der Waals surface area contributed by atoms with Gasteiger partial charge in [-0.15, -0.1) is 0 Å². The van der Waals surface area contributed by atoms with Crippen molar-refractivity contribution in [3.8, 4) is 0 Å². The Hall–Kier alpha value is -2.11. The second kappa shape index (κ2) is 5.51. The molecule has 0 bridgehead atoms. The van der Waals surface area contributed by atoms with Gasteiger partial charge in [0.05, 0.1) is 11.9 Å². The molecule has 120 valence electrons. The van der Waals surface area contributed by atoms with Crippen LogP contribution in [0.15, 0.2) is 37.9 Å². The minimum absolute atomic E-state index is 0.315. The van der Waals surface area contributed by atoms with Crippen molar-refractivity contribution in [2.24, 2.45) is 0 Å². The van der Waals surface area contributed by atoms with Gasteiger partial charge >= 0.3 is 5.63 Å². The van der Waals surface area contributed by atoms with Crippen LogP contribution in [-0.4, -0.2) is 43.0 Å². The molecule has 0 aliphatic carbocycles. The second-order valence-electron chi connectivity index (χ2n) is 6.39. The van der Waals surface area contributed by atoms with Crippen LogP contribution in [0, 0.1) is 6.92 Å². The molecular weight excluding hydrogens is 292 g/mol. The monoisotopic (exact) mass is 312 g/mol. The third kappa shape index (κ3) is 2.66. The van der Waals surface area contributed by atoms with Crippen molar-refractivity contribution in [1.82, 2.24) is 9.80 Å². The molecule has 23 heavy (non-hydrogen) atoms. The highest BCUT2D eigenvalue weighted by Gasteiger charge is 2.17. The molecule has 1 aliphatic heterocycles. The predicted molar refractivity (Wildman–Crippen MR) is 89.8 cm³/mol. The van der Waals surface area contributed by atoms with E-state index in [1.54, 1.807) is 0 Å². The van der Waals surface area contributed by atoms with Gasteiger partial charge in [0.25, 0.3) is 0 Å². The minimum atomic E-state index is -0.315. The van der Waals surface area contributed by atoms with Gasteiger partial charge in [0.1, 0.15) is 16.9 Å². The van der Waals surface area contributed by atoms with Gasteiger partial charge in [0.15, 0.2) is 0 Å². The zero-order chi connectivity index (χ0) is 16.0. The largest absolute Gasteiger partial charge is 0.460 e. The molecule has 5 nitrogen and oxygen atoms in total. The topological polar surface area (TPSA) is 49.8 Å². The SMILES string of the molecule is Cc1cc(=O)oc2c1ccc1oc(CN3CCN(C)CC3)cc12. The molecule has 0 N–H and O–H groups in total. The van der Waals surface area contributed by atoms with Gasteiger partial charge in [-0.05, 0) is 37.7 Å². The summed E-state index contributed by atoms with van der Waals surface area (Å²) in [6.45, 7) is 6.97. The van der Waals surface area contributed by atoms with E-state index in [9.17, 15) is 4.79 Å². The number of aryl methyl sites for hydroxylation is 1. The van der Waals surface area contributed by atoms with Crippen molar-refractivity contribution in [2.45, 2.75) is 13.5 Å². The highest BCUT2D eigenvalue weighted by Crippen LogP contribution is 2.29. The molecule has 1 aliphatic rings. The van der Waals surface area contributed by atoms with E-state index in [1.165, 1.54) is 6.07 Å². The van der Waals surface area contributed by atoms with Crippen molar-refractivity contribution in [2.75, 3.05) is 33.2 Å². The third-order valence-electron chi connectivity index (χ3n) is 4.64. The quantitative estimate of drug-likeness (QED) is 0.681. The van der Waals surface area contributed by atoms with Gasteiger partial charge in [-0.25, -0.2) is 4.79 Å². The predicted octanol–water partition coefficient (Wildman–Crippen LogP) is 2.60. The summed E-state index contributed by atoms with van der Waals surface area (Å²) in [5, 5.41) is 1.84. The second-order valence-corrected chi connectivity index (χ2v) is 6.39. The van der Waals surface area contributed by atoms with Gasteiger partial charge in [0, 0.05) is 37.6 Å². The third-order valence-corrected chi connectivity index (χ3v) is 4.64. The molecular formula is C18H20N2O3. The molecule has 3 heterocycles. The molecule has 0 atom stereocenters. The average Bonchev–Trinajstić information content (AvgIpc) is 2.92. The molecule has 0 unspecified atom stereocenters. The summed E-state index contributed by atoms with van der Waals surface area (Å²) >= 11 is 0. The smallest absolute Gasteiger partial charge is 0.336 e. The number of hydrogen-bond acceptors (Lipinski definition) is 5. The maximum absolute atomic E-state index is 11.7. The van der Waals surface area contributed by atoms with E-state index in [4.69, 9.17) is 8.83 Å². The summed E-state index contributed by atoms with van der Waals surface area (Å²) in [4.78, 5) is 16.4. The fourth-order valence-electron chi connectivity index (χ4n) is 3.25. The number of benzene rings is 1. The van der Waals surface area contributed by atoms with Crippen LogP contribution in [0.3, 0.4) is 0 Å². The van der Waals surface area contributed by atoms with Gasteiger partial charge < -0.3 is 13.7 Å². The Bertz CT molecular complexity index is 917. The lowest BCUT2D eigenvalue weighted by atomic mass is 10.1. The summed E-state index contributed by atoms with van der Waals surface area (Å²) < 4.78 is 11.4. The van der Waals surface area contributed by atoms with E-state index in [1.807, 2.05) is 25.1 Å². The van der Waals surface area contributed by atoms with Gasteiger partial charge in [-0.3, -0.25) is 4.90 Å². The van der Waals surface area contributed by atoms with Crippen molar-refractivity contribution < 1.29 is 8.83 Å². The molecule has 1 fully saturated rings. The van der Waals surface area contributed by atoms with Gasteiger partial charge in [-0.1, -0.05) is 0 Å². The molecule has 3 aromatic rings. The Labute approximate surface area is 134 Å². The van der Waals surface area contributed by atoms with E-state index in [-0.39, 0.29) is 5.63 Å². The molecule has 0 saturated carbocycles. The van der Waals surface area contributed by atoms with Crippen LogP contribution >= 0.6 is 0 Å². The lowest BCUT2D eigenvalue weighted by Gasteiger charge is -2.31. The molecule has 1 aromatic carbocycles. The van der Waals surface area contributed by atoms with Crippen molar-refractivity contribution in [3.05, 3.63) is 46.0 Å². The van der Waals surface area contributed by atoms with Crippen molar-refractivity contribution in [1.29, 1.82) is 0 Å². The van der Waals surface area contributed by atoms with E-state index >= 15 is 0 Å². The summed E-state index contributed by atoms with van der Waals surface area (Å²) in [6, 6.07) is 7.45. The van der Waals surface area contributed by atoms with E-state index in [0.717, 1.165) is 60.4 Å². The van der Waals surface area contributed by atoms with Crippen LogP contribution in [0.5, 0.6) is 0 Å². The number of piperazine rings is 1. The summed E-state index contributed by atoms with van der Waals surface area (Å²) in [5.74, 6) is 0.918. The lowest BCUT2D eigenvalue weighted by Crippen LogP contribution is -2.43. The van der Waals surface area contributed by atoms with E-state index in [2.05, 4.69) is 16.8 Å². The summed E-state index contributed by atoms with van der Waals surface area (Å²) in [6.07, 6.45) is 0. The van der Waals surface area contributed by atoms with Crippen molar-refractivity contribution in [3.63, 3.8) is 0 Å². The van der Waals surface area contributed by atoms with Crippen LogP contribution in [0.1, 0.15) is 11.3 Å². The Balaban J connectivity index is 1.73. The molecule has 0 amide bonds. The van der Waals surface area contributed by atoms with Gasteiger partial charge in [-0.2, -0.15) is 0 Å². The summed E-state index contributed by atoms with van der Waals surface area (Å²) in [5.41, 5.74) is 2.01. The number of fused-ring (bicyclic) bond motifs is 3. The lowest BCUT2D eigenvalue weighted by molar-refractivity contribution is 0.141. The van der Waals surface area contributed by atoms with Crippen LogP contribution in [-0.2, 0) is 6.54 Å². The first-order valence-corrected chi connectivity index (χ1v) is 7.97. The normalized spacial score (nSPS) is 17.3. The first kappa shape index (κ1) is 14.5. The van der Waals surface area contributed by atoms with E-state index in [0.29, 0.717) is 5.58 Å². The fraction of sp³-hybridized carbons (Fsp3) is 0.389. The number of likely N-dealkylation sites (N-methyl/N-ethyl adjacent to an activating group) is 1. The molecule has 2 aromatic heterocycles. The number of nitrogens with zero attached hydrogens (tertiary/aromatic N) is 2. The Kier molecular flexibility index (Phi) is 3.47. The van der Waals surface area contributed by atoms with Crippen LogP contribution in [0.4, 0.5) is 0 Å². The number of furan rings is 1. The Morgan fingerprint density at radius 2 is 1.83 bits per heavy atom. The number of hydrogen-bond donors (Lipinski definition) is 0. The molecule has 0 spiro atoms. The zero-order valence-corrected chi connectivity index (χ0v) is 13.5. The zero-order valence-electron chi connectivity index (χ0n) is 13.5. The Morgan fingerprint density at radius 1 is 1.04 bits per heavy atom. The fourth-order valence-corrected chi connectivity index (χ4v) is 3.25. The van der Waals surface area contributed by atoms with E-state index < -0.39 is 0 Å². The van der Waals surface area contributed by atoms with Gasteiger partial charge in [0.2, 0.25) is 0 Å². The molecule has 0 radical (unpaired) electrons. The molecule has 4 rings (SSSR count). The summed E-state index contributed by atoms with van der Waals surface area (Å²) in [7, 11) is 2.15. The highest BCUT2D eigenvalue weighted by molar-refractivity contribution is 6.03. The van der Waals surface area contributed by atoms with Crippen LogP contribution in [0.25, 0.3) is 21.9 Å². The standard InChI is InChI=1S/C18H20N2O3/c1-12-9-17(21)23-18-14(12)3-4-16-15(18)10-13(22-16)11-20-7-5-19(2)6-8-20/h3-4,9-10H,5-8,11H2,1-2H3. The molecule has 1 saturated heterocycles. The first-order chi connectivity index (χ1) is 11.1. The first-order valence-electron chi connectivity index (χ1n) is 7.97. The number of rotatable bonds is 2. The highest BCUT2D eigenvalue weighted by atomic mass is 16.4. The van der Waals surface area contributed by atoms with Crippen LogP contribution < -0.4 is 5.63 Å². The van der Waals surface area contributed by atoms with Crippen LogP contribution in [0.2, 0.25) is 0 Å². The average molecular weight is 312 g/mol. The van der Waals surface area contributed by atoms with Crippen molar-refractivity contribution >= 4 is 21.9 Å². The maximum Gasteiger partial charge on any atom is 0.336 e. The molecule has 5 heteroatoms. The maximum atomic E-state index is 11.7. The minimum Gasteiger partial charge on any atom is -0.460 e.